The third kappa shape index (κ3) is 2.39. The Morgan fingerprint density at radius 3 is 3.08 bits per heavy atom. The summed E-state index contributed by atoms with van der Waals surface area (Å²) in [6, 6.07) is 1.90. The predicted octanol–water partition coefficient (Wildman–Crippen LogP) is -0.295. The summed E-state index contributed by atoms with van der Waals surface area (Å²) >= 11 is 0. The molecule has 1 atom stereocenters. The Kier molecular flexibility index (Phi) is 2.44. The van der Waals surface area contributed by atoms with Gasteiger partial charge in [-0.25, -0.2) is 0 Å². The molecule has 0 saturated heterocycles. The van der Waals surface area contributed by atoms with Crippen LogP contribution in [-0.4, -0.2) is 26.8 Å². The van der Waals surface area contributed by atoms with Crippen LogP contribution in [0.1, 0.15) is 12.5 Å². The second kappa shape index (κ2) is 3.37. The Morgan fingerprint density at radius 2 is 2.62 bits per heavy atom. The van der Waals surface area contributed by atoms with Crippen LogP contribution < -0.4 is 0 Å². The first-order chi connectivity index (χ1) is 6.07. The molecule has 1 heterocycles. The molecule has 0 spiro atoms. The normalized spacial score (nSPS) is 14.5. The lowest BCUT2D eigenvalue weighted by atomic mass is 10.1. The Balaban J connectivity index is 2.76. The van der Waals surface area contributed by atoms with Crippen molar-refractivity contribution in [3.63, 3.8) is 0 Å². The van der Waals surface area contributed by atoms with Gasteiger partial charge in [0.15, 0.2) is 6.29 Å². The zero-order chi connectivity index (χ0) is 9.90. The van der Waals surface area contributed by atoms with Crippen LogP contribution in [0, 0.1) is 11.3 Å². The molecule has 0 aliphatic rings. The van der Waals surface area contributed by atoms with Crippen molar-refractivity contribution in [1.29, 1.82) is 5.26 Å². The fourth-order valence-electron chi connectivity index (χ4n) is 0.873. The lowest BCUT2D eigenvalue weighted by Crippen LogP contribution is -2.32. The van der Waals surface area contributed by atoms with Crippen molar-refractivity contribution >= 4 is 6.29 Å². The van der Waals surface area contributed by atoms with E-state index in [2.05, 4.69) is 5.10 Å². The summed E-state index contributed by atoms with van der Waals surface area (Å²) in [5.74, 6) is 0. The second-order valence-electron chi connectivity index (χ2n) is 3.01. The summed E-state index contributed by atoms with van der Waals surface area (Å²) < 4.78 is 1.35. The van der Waals surface area contributed by atoms with Gasteiger partial charge >= 0.3 is 0 Å². The van der Waals surface area contributed by atoms with Crippen molar-refractivity contribution in [1.82, 2.24) is 9.78 Å². The quantitative estimate of drug-likeness (QED) is 0.646. The maximum Gasteiger partial charge on any atom is 0.153 e. The van der Waals surface area contributed by atoms with Crippen LogP contribution in [0.2, 0.25) is 0 Å². The van der Waals surface area contributed by atoms with E-state index in [1.165, 1.54) is 24.0 Å². The molecule has 0 unspecified atom stereocenters. The van der Waals surface area contributed by atoms with Gasteiger partial charge in [-0.3, -0.25) is 4.68 Å². The number of rotatable bonds is 3. The molecule has 13 heavy (non-hydrogen) atoms. The Hall–Kier alpha value is -1.67. The lowest BCUT2D eigenvalue weighted by Gasteiger charge is -2.14. The van der Waals surface area contributed by atoms with Gasteiger partial charge in [-0.15, -0.1) is 0 Å². The van der Waals surface area contributed by atoms with Crippen molar-refractivity contribution < 1.29 is 9.90 Å². The molecule has 0 saturated carbocycles. The molecular formula is C8H9N3O2. The molecule has 0 aliphatic heterocycles. The van der Waals surface area contributed by atoms with E-state index in [1.54, 1.807) is 0 Å². The highest BCUT2D eigenvalue weighted by atomic mass is 16.3. The van der Waals surface area contributed by atoms with Crippen LogP contribution >= 0.6 is 0 Å². The summed E-state index contributed by atoms with van der Waals surface area (Å²) in [7, 11) is 0. The van der Waals surface area contributed by atoms with E-state index in [0.29, 0.717) is 11.8 Å². The largest absolute Gasteiger partial charge is 0.381 e. The van der Waals surface area contributed by atoms with Crippen LogP contribution in [0.4, 0.5) is 0 Å². The van der Waals surface area contributed by atoms with Gasteiger partial charge in [0.25, 0.3) is 0 Å². The molecule has 0 amide bonds. The van der Waals surface area contributed by atoms with Crippen LogP contribution in [0.5, 0.6) is 0 Å². The number of aldehydes is 1. The number of carbonyl (C=O) groups excluding carboxylic acids is 1. The molecule has 0 aromatic carbocycles. The fraction of sp³-hybridized carbons (Fsp3) is 0.375. The molecule has 0 fully saturated rings. The number of aliphatic hydroxyl groups is 1. The maximum atomic E-state index is 10.4. The molecule has 1 aromatic rings. The highest BCUT2D eigenvalue weighted by Gasteiger charge is 2.20. The summed E-state index contributed by atoms with van der Waals surface area (Å²) in [6.45, 7) is 1.44. The van der Waals surface area contributed by atoms with E-state index in [1.807, 2.05) is 6.07 Å². The summed E-state index contributed by atoms with van der Waals surface area (Å²) in [5, 5.41) is 21.6. The minimum atomic E-state index is -1.43. The van der Waals surface area contributed by atoms with Gasteiger partial charge in [0.1, 0.15) is 11.7 Å². The molecular weight excluding hydrogens is 170 g/mol. The van der Waals surface area contributed by atoms with E-state index in [4.69, 9.17) is 5.26 Å². The first-order valence-corrected chi connectivity index (χ1v) is 3.69. The van der Waals surface area contributed by atoms with Gasteiger partial charge in [-0.2, -0.15) is 10.4 Å². The average molecular weight is 179 g/mol. The van der Waals surface area contributed by atoms with Crippen molar-refractivity contribution in [2.75, 3.05) is 0 Å². The molecule has 0 bridgehead atoms. The van der Waals surface area contributed by atoms with Crippen LogP contribution in [0.3, 0.4) is 0 Å². The van der Waals surface area contributed by atoms with Gasteiger partial charge in [-0.1, -0.05) is 0 Å². The molecule has 0 radical (unpaired) electrons. The van der Waals surface area contributed by atoms with Crippen molar-refractivity contribution in [2.24, 2.45) is 0 Å². The molecule has 5 nitrogen and oxygen atoms in total. The van der Waals surface area contributed by atoms with Crippen LogP contribution in [0.25, 0.3) is 0 Å². The summed E-state index contributed by atoms with van der Waals surface area (Å²) in [5.41, 5.74) is -1.03. The Labute approximate surface area is 75.2 Å². The first-order valence-electron chi connectivity index (χ1n) is 3.69. The predicted molar refractivity (Wildman–Crippen MR) is 43.6 cm³/mol. The monoisotopic (exact) mass is 179 g/mol. The topological polar surface area (TPSA) is 78.9 Å². The minimum Gasteiger partial charge on any atom is -0.381 e. The van der Waals surface area contributed by atoms with Gasteiger partial charge in [-0.05, 0) is 6.92 Å². The summed E-state index contributed by atoms with van der Waals surface area (Å²) in [6.07, 6.45) is 3.29. The highest BCUT2D eigenvalue weighted by Crippen LogP contribution is 2.04. The minimum absolute atomic E-state index is 0.0537. The maximum absolute atomic E-state index is 10.4. The molecule has 1 aromatic heterocycles. The van der Waals surface area contributed by atoms with Gasteiger partial charge in [0, 0.05) is 6.20 Å². The van der Waals surface area contributed by atoms with Gasteiger partial charge in [0.05, 0.1) is 18.3 Å². The third-order valence-electron chi connectivity index (χ3n) is 1.50. The first kappa shape index (κ1) is 9.42. The number of hydrogen-bond donors (Lipinski definition) is 1. The summed E-state index contributed by atoms with van der Waals surface area (Å²) in [4.78, 5) is 10.4. The van der Waals surface area contributed by atoms with E-state index >= 15 is 0 Å². The Bertz CT molecular complexity index is 349. The van der Waals surface area contributed by atoms with Crippen molar-refractivity contribution in [2.45, 2.75) is 19.1 Å². The van der Waals surface area contributed by atoms with E-state index in [-0.39, 0.29) is 6.54 Å². The number of nitriles is 1. The number of nitrogens with zero attached hydrogens (tertiary/aromatic N) is 3. The Morgan fingerprint density at radius 1 is 1.92 bits per heavy atom. The van der Waals surface area contributed by atoms with Crippen molar-refractivity contribution in [3.05, 3.63) is 18.0 Å². The van der Waals surface area contributed by atoms with Crippen molar-refractivity contribution in [3.8, 4) is 6.07 Å². The van der Waals surface area contributed by atoms with Gasteiger partial charge < -0.3 is 9.90 Å². The highest BCUT2D eigenvalue weighted by molar-refractivity contribution is 5.60. The van der Waals surface area contributed by atoms with Gasteiger partial charge in [0.2, 0.25) is 0 Å². The molecule has 68 valence electrons. The van der Waals surface area contributed by atoms with Crippen LogP contribution in [0.15, 0.2) is 12.4 Å². The van der Waals surface area contributed by atoms with E-state index in [9.17, 15) is 9.90 Å². The fourth-order valence-corrected chi connectivity index (χ4v) is 0.873. The van der Waals surface area contributed by atoms with E-state index in [0.717, 1.165) is 0 Å². The SMILES string of the molecule is C[C@@](O)(C=O)Cn1cc(C#N)cn1. The molecule has 0 aliphatic carbocycles. The molecule has 1 rings (SSSR count). The molecule has 5 heteroatoms. The third-order valence-corrected chi connectivity index (χ3v) is 1.50. The second-order valence-corrected chi connectivity index (χ2v) is 3.01. The standard InChI is InChI=1S/C8H9N3O2/c1-8(13,6-12)5-11-4-7(2-9)3-10-11/h3-4,6,13H,5H2,1H3/t8-/m0/s1. The zero-order valence-electron chi connectivity index (χ0n) is 7.14. The number of aromatic nitrogens is 2. The number of carbonyl (C=O) groups is 1. The average Bonchev–Trinajstić information content (AvgIpc) is 2.52. The smallest absolute Gasteiger partial charge is 0.153 e. The lowest BCUT2D eigenvalue weighted by molar-refractivity contribution is -0.123. The number of hydrogen-bond acceptors (Lipinski definition) is 4. The molecule has 1 N–H and O–H groups in total. The zero-order valence-corrected chi connectivity index (χ0v) is 7.14. The van der Waals surface area contributed by atoms with E-state index < -0.39 is 5.60 Å². The van der Waals surface area contributed by atoms with Crippen LogP contribution in [-0.2, 0) is 11.3 Å².